The first-order valence-corrected chi connectivity index (χ1v) is 6.68. The summed E-state index contributed by atoms with van der Waals surface area (Å²) < 4.78 is 0. The highest BCUT2D eigenvalue weighted by molar-refractivity contribution is 4.90. The molecule has 0 aromatic carbocycles. The topological polar surface area (TPSA) is 29.3 Å². The predicted octanol–water partition coefficient (Wildman–Crippen LogP) is 2.23. The third kappa shape index (κ3) is 2.54. The minimum Gasteiger partial charge on any atom is -0.326 e. The number of nitrogens with two attached hydrogens (primary N) is 1. The lowest BCUT2D eigenvalue weighted by Gasteiger charge is -2.39. The molecule has 1 aliphatic carbocycles. The van der Waals surface area contributed by atoms with Gasteiger partial charge >= 0.3 is 0 Å². The Balaban J connectivity index is 1.90. The van der Waals surface area contributed by atoms with Crippen LogP contribution < -0.4 is 5.73 Å². The van der Waals surface area contributed by atoms with E-state index < -0.39 is 0 Å². The van der Waals surface area contributed by atoms with Crippen LogP contribution in [0.3, 0.4) is 0 Å². The monoisotopic (exact) mass is 210 g/mol. The largest absolute Gasteiger partial charge is 0.326 e. The van der Waals surface area contributed by atoms with Gasteiger partial charge < -0.3 is 5.73 Å². The van der Waals surface area contributed by atoms with Gasteiger partial charge in [-0.15, -0.1) is 0 Å². The number of fused-ring (bicyclic) bond motifs is 1. The van der Waals surface area contributed by atoms with Crippen LogP contribution in [0.1, 0.15) is 46.0 Å². The van der Waals surface area contributed by atoms with Gasteiger partial charge in [-0.1, -0.05) is 20.3 Å². The third-order valence-electron chi connectivity index (χ3n) is 4.41. The maximum absolute atomic E-state index is 6.19. The first kappa shape index (κ1) is 11.4. The van der Waals surface area contributed by atoms with Crippen molar-refractivity contribution in [3.8, 4) is 0 Å². The maximum atomic E-state index is 6.19. The van der Waals surface area contributed by atoms with Crippen LogP contribution in [0.15, 0.2) is 0 Å². The van der Waals surface area contributed by atoms with E-state index in [2.05, 4.69) is 18.7 Å². The zero-order chi connectivity index (χ0) is 10.8. The molecule has 1 aliphatic heterocycles. The summed E-state index contributed by atoms with van der Waals surface area (Å²) in [6.07, 6.45) is 7.21. The van der Waals surface area contributed by atoms with E-state index in [0.29, 0.717) is 12.0 Å². The lowest BCUT2D eigenvalue weighted by atomic mass is 9.91. The van der Waals surface area contributed by atoms with E-state index in [9.17, 15) is 0 Å². The van der Waals surface area contributed by atoms with Crippen LogP contribution >= 0.6 is 0 Å². The molecule has 2 rings (SSSR count). The summed E-state index contributed by atoms with van der Waals surface area (Å²) >= 11 is 0. The van der Waals surface area contributed by atoms with E-state index in [-0.39, 0.29) is 0 Å². The molecule has 2 N–H and O–H groups in total. The van der Waals surface area contributed by atoms with Gasteiger partial charge in [0.25, 0.3) is 0 Å². The fourth-order valence-corrected chi connectivity index (χ4v) is 3.27. The molecule has 2 nitrogen and oxygen atoms in total. The Labute approximate surface area is 94.2 Å². The molecule has 0 aromatic heterocycles. The maximum Gasteiger partial charge on any atom is 0.0191 e. The van der Waals surface area contributed by atoms with Gasteiger partial charge in [0, 0.05) is 18.6 Å². The average Bonchev–Trinajstić information content (AvgIpc) is 2.66. The summed E-state index contributed by atoms with van der Waals surface area (Å²) in [5.74, 6) is 1.62. The van der Waals surface area contributed by atoms with E-state index in [0.717, 1.165) is 18.5 Å². The van der Waals surface area contributed by atoms with E-state index in [1.807, 2.05) is 0 Å². The average molecular weight is 210 g/mol. The second kappa shape index (κ2) is 4.84. The van der Waals surface area contributed by atoms with Crippen molar-refractivity contribution < 1.29 is 0 Å². The summed E-state index contributed by atoms with van der Waals surface area (Å²) in [5, 5.41) is 0. The van der Waals surface area contributed by atoms with Crippen LogP contribution in [0.25, 0.3) is 0 Å². The first-order chi connectivity index (χ1) is 7.18. The van der Waals surface area contributed by atoms with Crippen LogP contribution in [-0.2, 0) is 0 Å². The molecule has 1 saturated carbocycles. The zero-order valence-corrected chi connectivity index (χ0v) is 10.3. The van der Waals surface area contributed by atoms with E-state index in [4.69, 9.17) is 5.73 Å². The molecular formula is C13H26N2. The standard InChI is InChI=1S/C13H26N2/c1-10(2)12(14)9-15-8-4-6-11-5-3-7-13(11)15/h10-13H,3-9,14H2,1-2H3. The molecule has 2 heteroatoms. The molecule has 88 valence electrons. The van der Waals surface area contributed by atoms with Gasteiger partial charge in [0.05, 0.1) is 0 Å². The summed E-state index contributed by atoms with van der Waals surface area (Å²) in [5.41, 5.74) is 6.19. The zero-order valence-electron chi connectivity index (χ0n) is 10.3. The quantitative estimate of drug-likeness (QED) is 0.774. The number of piperidine rings is 1. The lowest BCUT2D eigenvalue weighted by Crippen LogP contribution is -2.49. The molecule has 0 spiro atoms. The molecule has 0 amide bonds. The summed E-state index contributed by atoms with van der Waals surface area (Å²) in [4.78, 5) is 2.69. The number of rotatable bonds is 3. The van der Waals surface area contributed by atoms with Crippen molar-refractivity contribution in [1.82, 2.24) is 4.90 Å². The van der Waals surface area contributed by atoms with Crippen LogP contribution in [0, 0.1) is 11.8 Å². The van der Waals surface area contributed by atoms with E-state index >= 15 is 0 Å². The van der Waals surface area contributed by atoms with Crippen LogP contribution in [0.2, 0.25) is 0 Å². The molecule has 0 radical (unpaired) electrons. The third-order valence-corrected chi connectivity index (χ3v) is 4.41. The first-order valence-electron chi connectivity index (χ1n) is 6.68. The van der Waals surface area contributed by atoms with Gasteiger partial charge in [-0.05, 0) is 44.1 Å². The van der Waals surface area contributed by atoms with Crippen molar-refractivity contribution in [3.63, 3.8) is 0 Å². The Morgan fingerprint density at radius 2 is 1.93 bits per heavy atom. The normalized spacial score (nSPS) is 34.4. The Morgan fingerprint density at radius 1 is 1.20 bits per heavy atom. The second-order valence-corrected chi connectivity index (χ2v) is 5.80. The Hall–Kier alpha value is -0.0800. The lowest BCUT2D eigenvalue weighted by molar-refractivity contribution is 0.100. The van der Waals surface area contributed by atoms with Crippen molar-refractivity contribution in [2.45, 2.75) is 58.0 Å². The number of hydrogen-bond acceptors (Lipinski definition) is 2. The number of nitrogens with zero attached hydrogens (tertiary/aromatic N) is 1. The SMILES string of the molecule is CC(C)C(N)CN1CCCC2CCCC21. The Kier molecular flexibility index (Phi) is 3.68. The summed E-state index contributed by atoms with van der Waals surface area (Å²) in [6.45, 7) is 6.89. The molecule has 0 bridgehead atoms. The molecule has 2 aliphatic rings. The fourth-order valence-electron chi connectivity index (χ4n) is 3.27. The van der Waals surface area contributed by atoms with Gasteiger partial charge in [0.1, 0.15) is 0 Å². The molecule has 15 heavy (non-hydrogen) atoms. The minimum atomic E-state index is 0.365. The second-order valence-electron chi connectivity index (χ2n) is 5.80. The molecule has 3 atom stereocenters. The molecule has 2 fully saturated rings. The van der Waals surface area contributed by atoms with Crippen molar-refractivity contribution in [2.24, 2.45) is 17.6 Å². The molecule has 0 aromatic rings. The van der Waals surface area contributed by atoms with Crippen molar-refractivity contribution >= 4 is 0 Å². The van der Waals surface area contributed by atoms with Gasteiger partial charge in [0.2, 0.25) is 0 Å². The molecule has 3 unspecified atom stereocenters. The Morgan fingerprint density at radius 3 is 2.67 bits per heavy atom. The van der Waals surface area contributed by atoms with Crippen LogP contribution in [0.4, 0.5) is 0 Å². The molecule has 1 saturated heterocycles. The van der Waals surface area contributed by atoms with Crippen molar-refractivity contribution in [2.75, 3.05) is 13.1 Å². The van der Waals surface area contributed by atoms with E-state index in [1.54, 1.807) is 0 Å². The van der Waals surface area contributed by atoms with Gasteiger partial charge in [-0.2, -0.15) is 0 Å². The van der Waals surface area contributed by atoms with Crippen molar-refractivity contribution in [1.29, 1.82) is 0 Å². The molecule has 1 heterocycles. The highest BCUT2D eigenvalue weighted by atomic mass is 15.2. The fraction of sp³-hybridized carbons (Fsp3) is 1.00. The predicted molar refractivity (Wildman–Crippen MR) is 64.7 cm³/mol. The Bertz CT molecular complexity index is 203. The highest BCUT2D eigenvalue weighted by Gasteiger charge is 2.35. The van der Waals surface area contributed by atoms with Gasteiger partial charge in [0.15, 0.2) is 0 Å². The smallest absolute Gasteiger partial charge is 0.0191 e. The summed E-state index contributed by atoms with van der Waals surface area (Å²) in [7, 11) is 0. The number of hydrogen-bond donors (Lipinski definition) is 1. The van der Waals surface area contributed by atoms with Gasteiger partial charge in [-0.3, -0.25) is 4.90 Å². The van der Waals surface area contributed by atoms with Crippen LogP contribution in [0.5, 0.6) is 0 Å². The van der Waals surface area contributed by atoms with Crippen LogP contribution in [-0.4, -0.2) is 30.1 Å². The van der Waals surface area contributed by atoms with Crippen molar-refractivity contribution in [3.05, 3.63) is 0 Å². The molecular weight excluding hydrogens is 184 g/mol. The number of likely N-dealkylation sites (tertiary alicyclic amines) is 1. The minimum absolute atomic E-state index is 0.365. The van der Waals surface area contributed by atoms with E-state index in [1.165, 1.54) is 38.6 Å². The summed E-state index contributed by atoms with van der Waals surface area (Å²) in [6, 6.07) is 1.24. The van der Waals surface area contributed by atoms with Gasteiger partial charge in [-0.25, -0.2) is 0 Å². The highest BCUT2D eigenvalue weighted by Crippen LogP contribution is 2.36.